The summed E-state index contributed by atoms with van der Waals surface area (Å²) in [4.78, 5) is 41.1. The van der Waals surface area contributed by atoms with Crippen molar-refractivity contribution in [2.45, 2.75) is 45.1 Å². The Morgan fingerprint density at radius 2 is 1.88 bits per heavy atom. The molecular weight excluding hydrogens is 326 g/mol. The summed E-state index contributed by atoms with van der Waals surface area (Å²) in [6, 6.07) is 8.81. The Bertz CT molecular complexity index is 622. The van der Waals surface area contributed by atoms with Crippen molar-refractivity contribution in [3.63, 3.8) is 0 Å². The van der Waals surface area contributed by atoms with Gasteiger partial charge >= 0.3 is 12.1 Å². The monoisotopic (exact) mass is 349 g/mol. The largest absolute Gasteiger partial charge is 0.508 e. The number of ether oxygens (including phenoxy) is 2. The molecule has 1 aliphatic rings. The summed E-state index contributed by atoms with van der Waals surface area (Å²) < 4.78 is 10.2. The van der Waals surface area contributed by atoms with Crippen molar-refractivity contribution >= 4 is 18.0 Å². The summed E-state index contributed by atoms with van der Waals surface area (Å²) in [5.41, 5.74) is -0.0651. The van der Waals surface area contributed by atoms with E-state index in [1.165, 1.54) is 0 Å². The van der Waals surface area contributed by atoms with Crippen molar-refractivity contribution in [1.82, 2.24) is 5.06 Å². The molecule has 0 spiro atoms. The molecular formula is C18H23NO6. The third-order valence-electron chi connectivity index (χ3n) is 3.47. The highest BCUT2D eigenvalue weighted by atomic mass is 16.7. The quantitative estimate of drug-likeness (QED) is 0.760. The molecule has 136 valence electrons. The fraction of sp³-hybridized carbons (Fsp3) is 0.500. The van der Waals surface area contributed by atoms with E-state index in [1.54, 1.807) is 45.0 Å². The maximum atomic E-state index is 12.5. The van der Waals surface area contributed by atoms with E-state index >= 15 is 0 Å². The highest BCUT2D eigenvalue weighted by Crippen LogP contribution is 2.21. The van der Waals surface area contributed by atoms with Gasteiger partial charge in [-0.3, -0.25) is 4.79 Å². The Morgan fingerprint density at radius 1 is 1.20 bits per heavy atom. The number of carbonyl (C=O) groups is 3. The van der Waals surface area contributed by atoms with Gasteiger partial charge in [0.05, 0.1) is 6.54 Å². The van der Waals surface area contributed by atoms with Crippen LogP contribution in [-0.2, 0) is 23.9 Å². The molecule has 0 bridgehead atoms. The highest BCUT2D eigenvalue weighted by Gasteiger charge is 2.31. The van der Waals surface area contributed by atoms with Gasteiger partial charge < -0.3 is 14.3 Å². The van der Waals surface area contributed by atoms with Crippen LogP contribution in [0.2, 0.25) is 0 Å². The Morgan fingerprint density at radius 3 is 2.44 bits per heavy atom. The lowest BCUT2D eigenvalue weighted by molar-refractivity contribution is -0.195. The van der Waals surface area contributed by atoms with E-state index in [2.05, 4.69) is 0 Å². The molecule has 0 aliphatic carbocycles. The van der Waals surface area contributed by atoms with E-state index < -0.39 is 23.6 Å². The minimum absolute atomic E-state index is 0.228. The van der Waals surface area contributed by atoms with Gasteiger partial charge in [0.1, 0.15) is 18.1 Å². The second-order valence-corrected chi connectivity index (χ2v) is 6.75. The number of hydrogen-bond acceptors (Lipinski definition) is 6. The molecule has 1 aromatic rings. The number of hydrogen-bond donors (Lipinski definition) is 0. The van der Waals surface area contributed by atoms with E-state index in [9.17, 15) is 14.4 Å². The van der Waals surface area contributed by atoms with Gasteiger partial charge in [0.15, 0.2) is 0 Å². The van der Waals surface area contributed by atoms with E-state index in [0.717, 1.165) is 5.06 Å². The second kappa shape index (κ2) is 8.00. The predicted octanol–water partition coefficient (Wildman–Crippen LogP) is 2.80. The number of rotatable bonds is 5. The zero-order valence-corrected chi connectivity index (χ0v) is 14.7. The van der Waals surface area contributed by atoms with Crippen molar-refractivity contribution in [3.05, 3.63) is 35.9 Å². The number of hydroxylamine groups is 2. The predicted molar refractivity (Wildman–Crippen MR) is 88.4 cm³/mol. The number of amides is 1. The fourth-order valence-corrected chi connectivity index (χ4v) is 2.31. The molecule has 0 N–H and O–H groups in total. The summed E-state index contributed by atoms with van der Waals surface area (Å²) in [7, 11) is 0. The molecule has 1 aromatic carbocycles. The zero-order chi connectivity index (χ0) is 18.4. The van der Waals surface area contributed by atoms with Crippen LogP contribution in [0.1, 0.15) is 45.1 Å². The summed E-state index contributed by atoms with van der Waals surface area (Å²) in [6.07, 6.45) is 0.146. The molecule has 25 heavy (non-hydrogen) atoms. The average Bonchev–Trinajstić information content (AvgIpc) is 2.92. The topological polar surface area (TPSA) is 82.1 Å². The molecule has 1 saturated heterocycles. The Kier molecular flexibility index (Phi) is 6.01. The molecule has 1 amide bonds. The lowest BCUT2D eigenvalue weighted by Gasteiger charge is -2.22. The molecule has 2 rings (SSSR count). The van der Waals surface area contributed by atoms with E-state index in [1.807, 2.05) is 6.07 Å². The first-order valence-electron chi connectivity index (χ1n) is 8.19. The van der Waals surface area contributed by atoms with Crippen molar-refractivity contribution in [1.29, 1.82) is 0 Å². The van der Waals surface area contributed by atoms with Crippen LogP contribution < -0.4 is 0 Å². The van der Waals surface area contributed by atoms with Gasteiger partial charge in [-0.25, -0.2) is 9.59 Å². The normalized spacial score (nSPS) is 15.6. The van der Waals surface area contributed by atoms with Crippen molar-refractivity contribution < 1.29 is 28.7 Å². The van der Waals surface area contributed by atoms with Crippen LogP contribution in [0, 0.1) is 0 Å². The van der Waals surface area contributed by atoms with Gasteiger partial charge in [0.25, 0.3) is 5.91 Å². The highest BCUT2D eigenvalue weighted by molar-refractivity contribution is 5.82. The van der Waals surface area contributed by atoms with Gasteiger partial charge in [-0.1, -0.05) is 30.3 Å². The summed E-state index contributed by atoms with van der Waals surface area (Å²) in [5, 5.41) is 1.06. The summed E-state index contributed by atoms with van der Waals surface area (Å²) in [6.45, 7) is 5.29. The molecule has 7 heteroatoms. The number of benzene rings is 1. The van der Waals surface area contributed by atoms with Crippen molar-refractivity contribution in [2.75, 3.05) is 13.2 Å². The van der Waals surface area contributed by atoms with Crippen LogP contribution in [0.25, 0.3) is 0 Å². The third kappa shape index (κ3) is 5.77. The SMILES string of the molecule is CC(C)(C)OC(=O)OC[C@H](C(=O)ON1CCCC1=O)c1ccccc1. The zero-order valence-electron chi connectivity index (χ0n) is 14.7. The van der Waals surface area contributed by atoms with Gasteiger partial charge in [-0.05, 0) is 32.8 Å². The van der Waals surface area contributed by atoms with Crippen molar-refractivity contribution in [3.8, 4) is 0 Å². The van der Waals surface area contributed by atoms with E-state index in [4.69, 9.17) is 14.3 Å². The standard InChI is InChI=1S/C18H23NO6/c1-18(2,3)24-17(22)23-12-14(13-8-5-4-6-9-13)16(21)25-19-11-7-10-15(19)20/h4-6,8-9,14H,7,10-12H2,1-3H3/t14-/m0/s1. The van der Waals surface area contributed by atoms with Crippen LogP contribution in [0.5, 0.6) is 0 Å². The second-order valence-electron chi connectivity index (χ2n) is 6.75. The molecule has 0 saturated carbocycles. The van der Waals surface area contributed by atoms with Crippen LogP contribution >= 0.6 is 0 Å². The van der Waals surface area contributed by atoms with Gasteiger partial charge in [0, 0.05) is 6.42 Å². The smallest absolute Gasteiger partial charge is 0.433 e. The Balaban J connectivity index is 2.04. The Labute approximate surface area is 146 Å². The van der Waals surface area contributed by atoms with Crippen LogP contribution in [0.3, 0.4) is 0 Å². The number of carbonyl (C=O) groups excluding carboxylic acids is 3. The van der Waals surface area contributed by atoms with Gasteiger partial charge in [0.2, 0.25) is 0 Å². The fourth-order valence-electron chi connectivity index (χ4n) is 2.31. The lowest BCUT2D eigenvalue weighted by Crippen LogP contribution is -2.33. The maximum Gasteiger partial charge on any atom is 0.508 e. The number of nitrogens with zero attached hydrogens (tertiary/aromatic N) is 1. The average molecular weight is 349 g/mol. The minimum atomic E-state index is -0.863. The molecule has 1 aliphatic heterocycles. The van der Waals surface area contributed by atoms with E-state index in [0.29, 0.717) is 24.9 Å². The molecule has 0 radical (unpaired) electrons. The van der Waals surface area contributed by atoms with Crippen LogP contribution in [-0.4, -0.2) is 41.8 Å². The van der Waals surface area contributed by atoms with Crippen LogP contribution in [0.15, 0.2) is 30.3 Å². The molecule has 1 fully saturated rings. The first kappa shape index (κ1) is 18.8. The first-order valence-corrected chi connectivity index (χ1v) is 8.19. The molecule has 7 nitrogen and oxygen atoms in total. The lowest BCUT2D eigenvalue weighted by atomic mass is 10.0. The van der Waals surface area contributed by atoms with E-state index in [-0.39, 0.29) is 12.5 Å². The minimum Gasteiger partial charge on any atom is -0.433 e. The van der Waals surface area contributed by atoms with Crippen LogP contribution in [0.4, 0.5) is 4.79 Å². The molecule has 0 aromatic heterocycles. The Hall–Kier alpha value is -2.57. The third-order valence-corrected chi connectivity index (χ3v) is 3.47. The summed E-state index contributed by atoms with van der Waals surface area (Å²) in [5.74, 6) is -1.72. The van der Waals surface area contributed by atoms with Gasteiger partial charge in [-0.2, -0.15) is 5.06 Å². The van der Waals surface area contributed by atoms with Gasteiger partial charge in [-0.15, -0.1) is 0 Å². The molecule has 1 heterocycles. The van der Waals surface area contributed by atoms with Crippen molar-refractivity contribution in [2.24, 2.45) is 0 Å². The first-order chi connectivity index (χ1) is 11.8. The molecule has 0 unspecified atom stereocenters. The maximum absolute atomic E-state index is 12.5. The summed E-state index contributed by atoms with van der Waals surface area (Å²) >= 11 is 0. The molecule has 1 atom stereocenters.